The molecular formula is C14H15ClN4O3. The predicted octanol–water partition coefficient (Wildman–Crippen LogP) is 2.32. The molecule has 2 heterocycles. The summed E-state index contributed by atoms with van der Waals surface area (Å²) in [5, 5.41) is 3.07. The summed E-state index contributed by atoms with van der Waals surface area (Å²) < 4.78 is 9.95. The Morgan fingerprint density at radius 2 is 2.14 bits per heavy atom. The van der Waals surface area contributed by atoms with Gasteiger partial charge in [0.1, 0.15) is 11.4 Å². The maximum Gasteiger partial charge on any atom is 0.343 e. The molecule has 0 radical (unpaired) electrons. The Balaban J connectivity index is 2.13. The Labute approximate surface area is 132 Å². The summed E-state index contributed by atoms with van der Waals surface area (Å²) >= 11 is 5.78. The van der Waals surface area contributed by atoms with Gasteiger partial charge in [-0.1, -0.05) is 6.07 Å². The zero-order valence-electron chi connectivity index (χ0n) is 12.2. The van der Waals surface area contributed by atoms with Crippen LogP contribution in [-0.4, -0.2) is 34.6 Å². The number of esters is 1. The van der Waals surface area contributed by atoms with Crippen molar-refractivity contribution >= 4 is 23.4 Å². The molecule has 1 N–H and O–H groups in total. The Morgan fingerprint density at radius 3 is 2.77 bits per heavy atom. The smallest absolute Gasteiger partial charge is 0.343 e. The van der Waals surface area contributed by atoms with Gasteiger partial charge in [-0.25, -0.2) is 14.8 Å². The summed E-state index contributed by atoms with van der Waals surface area (Å²) in [6.45, 7) is 2.41. The first-order valence-corrected chi connectivity index (χ1v) is 6.94. The summed E-state index contributed by atoms with van der Waals surface area (Å²) in [7, 11) is 1.55. The van der Waals surface area contributed by atoms with E-state index in [9.17, 15) is 4.79 Å². The molecule has 116 valence electrons. The van der Waals surface area contributed by atoms with Crippen LogP contribution in [-0.2, 0) is 11.3 Å². The SMILES string of the molecule is CCOC(=O)c1cnc(Cl)nc1NCc1ccc(OC)nc1. The zero-order valence-corrected chi connectivity index (χ0v) is 12.9. The van der Waals surface area contributed by atoms with Crippen molar-refractivity contribution < 1.29 is 14.3 Å². The van der Waals surface area contributed by atoms with Gasteiger partial charge in [-0.2, -0.15) is 4.98 Å². The molecule has 0 amide bonds. The van der Waals surface area contributed by atoms with Crippen LogP contribution in [0, 0.1) is 0 Å². The molecule has 0 aromatic carbocycles. The number of nitrogens with one attached hydrogen (secondary N) is 1. The van der Waals surface area contributed by atoms with Gasteiger partial charge in [-0.05, 0) is 24.1 Å². The molecule has 0 atom stereocenters. The number of ether oxygens (including phenoxy) is 2. The Bertz CT molecular complexity index is 649. The summed E-state index contributed by atoms with van der Waals surface area (Å²) in [5.74, 6) is 0.338. The molecule has 0 fully saturated rings. The van der Waals surface area contributed by atoms with Crippen LogP contribution in [0.4, 0.5) is 5.82 Å². The van der Waals surface area contributed by atoms with Crippen LogP contribution in [0.3, 0.4) is 0 Å². The van der Waals surface area contributed by atoms with Gasteiger partial charge in [0, 0.05) is 25.0 Å². The molecule has 0 bridgehead atoms. The monoisotopic (exact) mass is 322 g/mol. The molecule has 2 aromatic rings. The number of aromatic nitrogens is 3. The van der Waals surface area contributed by atoms with E-state index in [2.05, 4.69) is 20.3 Å². The summed E-state index contributed by atoms with van der Waals surface area (Å²) in [6, 6.07) is 3.60. The highest BCUT2D eigenvalue weighted by Crippen LogP contribution is 2.17. The predicted molar refractivity (Wildman–Crippen MR) is 81.1 cm³/mol. The number of rotatable bonds is 6. The van der Waals surface area contributed by atoms with Crippen molar-refractivity contribution in [2.24, 2.45) is 0 Å². The highest BCUT2D eigenvalue weighted by atomic mass is 35.5. The van der Waals surface area contributed by atoms with Gasteiger partial charge in [-0.15, -0.1) is 0 Å². The van der Waals surface area contributed by atoms with Crippen LogP contribution in [0.25, 0.3) is 0 Å². The summed E-state index contributed by atoms with van der Waals surface area (Å²) in [6.07, 6.45) is 3.00. The van der Waals surface area contributed by atoms with Gasteiger partial charge in [-0.3, -0.25) is 0 Å². The van der Waals surface area contributed by atoms with Gasteiger partial charge in [0.25, 0.3) is 0 Å². The highest BCUT2D eigenvalue weighted by Gasteiger charge is 2.15. The van der Waals surface area contributed by atoms with E-state index in [1.165, 1.54) is 6.20 Å². The highest BCUT2D eigenvalue weighted by molar-refractivity contribution is 6.28. The maximum atomic E-state index is 11.9. The van der Waals surface area contributed by atoms with Gasteiger partial charge in [0.05, 0.1) is 13.7 Å². The van der Waals surface area contributed by atoms with Crippen molar-refractivity contribution in [3.63, 3.8) is 0 Å². The average molecular weight is 323 g/mol. The summed E-state index contributed by atoms with van der Waals surface area (Å²) in [5.41, 5.74) is 1.12. The van der Waals surface area contributed by atoms with Gasteiger partial charge in [0.2, 0.25) is 11.2 Å². The number of hydrogen-bond donors (Lipinski definition) is 1. The molecule has 0 aliphatic rings. The van der Waals surface area contributed by atoms with Crippen molar-refractivity contribution in [1.29, 1.82) is 0 Å². The first-order valence-electron chi connectivity index (χ1n) is 6.56. The molecule has 0 unspecified atom stereocenters. The van der Waals surface area contributed by atoms with Crippen molar-refractivity contribution in [2.75, 3.05) is 19.0 Å². The van der Waals surface area contributed by atoms with Crippen LogP contribution >= 0.6 is 11.6 Å². The molecule has 8 heteroatoms. The largest absolute Gasteiger partial charge is 0.481 e. The molecule has 22 heavy (non-hydrogen) atoms. The van der Waals surface area contributed by atoms with Crippen LogP contribution in [0.1, 0.15) is 22.8 Å². The van der Waals surface area contributed by atoms with Crippen LogP contribution in [0.15, 0.2) is 24.5 Å². The van der Waals surface area contributed by atoms with Gasteiger partial charge >= 0.3 is 5.97 Å². The normalized spacial score (nSPS) is 10.1. The number of pyridine rings is 1. The molecule has 0 aliphatic carbocycles. The second-order valence-electron chi connectivity index (χ2n) is 4.18. The van der Waals surface area contributed by atoms with Crippen molar-refractivity contribution in [3.8, 4) is 5.88 Å². The summed E-state index contributed by atoms with van der Waals surface area (Å²) in [4.78, 5) is 23.8. The lowest BCUT2D eigenvalue weighted by Gasteiger charge is -2.10. The van der Waals surface area contributed by atoms with E-state index >= 15 is 0 Å². The number of carbonyl (C=O) groups is 1. The fourth-order valence-electron chi connectivity index (χ4n) is 1.68. The maximum absolute atomic E-state index is 11.9. The van der Waals surface area contributed by atoms with E-state index in [-0.39, 0.29) is 17.5 Å². The lowest BCUT2D eigenvalue weighted by Crippen LogP contribution is -2.12. The Hall–Kier alpha value is -2.41. The number of halogens is 1. The quantitative estimate of drug-likeness (QED) is 0.645. The van der Waals surface area contributed by atoms with E-state index in [1.54, 1.807) is 26.3 Å². The van der Waals surface area contributed by atoms with Gasteiger partial charge in [0.15, 0.2) is 0 Å². The third-order valence-electron chi connectivity index (χ3n) is 2.72. The minimum absolute atomic E-state index is 0.0448. The van der Waals surface area contributed by atoms with E-state index in [1.807, 2.05) is 6.07 Å². The molecule has 0 saturated carbocycles. The Kier molecular flexibility index (Phi) is 5.48. The van der Waals surface area contributed by atoms with E-state index < -0.39 is 5.97 Å². The zero-order chi connectivity index (χ0) is 15.9. The number of carbonyl (C=O) groups excluding carboxylic acids is 1. The molecule has 2 aromatic heterocycles. The molecule has 0 saturated heterocycles. The van der Waals surface area contributed by atoms with Crippen molar-refractivity contribution in [1.82, 2.24) is 15.0 Å². The third kappa shape index (κ3) is 4.05. The fraction of sp³-hybridized carbons (Fsp3) is 0.286. The van der Waals surface area contributed by atoms with Gasteiger partial charge < -0.3 is 14.8 Å². The van der Waals surface area contributed by atoms with Crippen molar-refractivity contribution in [2.45, 2.75) is 13.5 Å². The number of nitrogens with zero attached hydrogens (tertiary/aromatic N) is 3. The van der Waals surface area contributed by atoms with Crippen LogP contribution in [0.2, 0.25) is 5.28 Å². The second kappa shape index (κ2) is 7.56. The number of methoxy groups -OCH3 is 1. The van der Waals surface area contributed by atoms with Crippen LogP contribution < -0.4 is 10.1 Å². The van der Waals surface area contributed by atoms with E-state index in [0.29, 0.717) is 18.2 Å². The molecule has 0 aliphatic heterocycles. The number of anilines is 1. The first-order chi connectivity index (χ1) is 10.6. The Morgan fingerprint density at radius 1 is 1.32 bits per heavy atom. The van der Waals surface area contributed by atoms with Crippen LogP contribution in [0.5, 0.6) is 5.88 Å². The minimum atomic E-state index is -0.505. The average Bonchev–Trinajstić information content (AvgIpc) is 2.53. The molecule has 7 nitrogen and oxygen atoms in total. The molecule has 0 spiro atoms. The minimum Gasteiger partial charge on any atom is -0.481 e. The lowest BCUT2D eigenvalue weighted by molar-refractivity contribution is 0.0526. The van der Waals surface area contributed by atoms with E-state index in [4.69, 9.17) is 21.1 Å². The van der Waals surface area contributed by atoms with Crippen molar-refractivity contribution in [3.05, 3.63) is 40.9 Å². The standard InChI is InChI=1S/C14H15ClN4O3/c1-3-22-13(20)10-8-18-14(15)19-12(10)17-7-9-4-5-11(21-2)16-6-9/h4-6,8H,3,7H2,1-2H3,(H,17,18,19). The topological polar surface area (TPSA) is 86.2 Å². The first kappa shape index (κ1) is 16.0. The van der Waals surface area contributed by atoms with E-state index in [0.717, 1.165) is 5.56 Å². The fourth-order valence-corrected chi connectivity index (χ4v) is 1.81. The third-order valence-corrected chi connectivity index (χ3v) is 2.90. The molecular weight excluding hydrogens is 308 g/mol. The molecule has 2 rings (SSSR count). The lowest BCUT2D eigenvalue weighted by atomic mass is 10.2. The second-order valence-corrected chi connectivity index (χ2v) is 4.52. The number of hydrogen-bond acceptors (Lipinski definition) is 7.